The first-order valence-corrected chi connectivity index (χ1v) is 8.23. The van der Waals surface area contributed by atoms with Crippen molar-refractivity contribution in [1.82, 2.24) is 0 Å². The zero-order valence-corrected chi connectivity index (χ0v) is 13.9. The Balaban J connectivity index is 2.09. The summed E-state index contributed by atoms with van der Waals surface area (Å²) < 4.78 is 0. The molecule has 0 radical (unpaired) electrons. The molecule has 0 amide bonds. The molecule has 114 valence electrons. The first-order valence-electron chi connectivity index (χ1n) is 8.23. The molecule has 0 heterocycles. The number of fused-ring (bicyclic) bond motifs is 2. The summed E-state index contributed by atoms with van der Waals surface area (Å²) in [4.78, 5) is 25.5. The summed E-state index contributed by atoms with van der Waals surface area (Å²) in [6.45, 7) is 10.8. The lowest BCUT2D eigenvalue weighted by atomic mass is 9.56. The van der Waals surface area contributed by atoms with Gasteiger partial charge in [-0.3, -0.25) is 9.59 Å². The molecule has 3 aliphatic carbocycles. The van der Waals surface area contributed by atoms with Crippen molar-refractivity contribution in [3.8, 4) is 0 Å². The number of ketones is 2. The second-order valence-electron chi connectivity index (χ2n) is 8.32. The van der Waals surface area contributed by atoms with E-state index in [0.717, 1.165) is 30.4 Å². The normalized spacial score (nSPS) is 35.0. The molecule has 0 aromatic heterocycles. The highest BCUT2D eigenvalue weighted by Crippen LogP contribution is 2.62. The summed E-state index contributed by atoms with van der Waals surface area (Å²) in [7, 11) is 0. The summed E-state index contributed by atoms with van der Waals surface area (Å²) >= 11 is 0. The molecule has 3 rings (SSSR count). The third-order valence-electron chi connectivity index (χ3n) is 6.20. The Hall–Kier alpha value is -1.18. The van der Waals surface area contributed by atoms with Crippen molar-refractivity contribution >= 4 is 11.6 Å². The fraction of sp³-hybridized carbons (Fsp3) is 0.684. The van der Waals surface area contributed by atoms with Gasteiger partial charge in [0, 0.05) is 22.1 Å². The van der Waals surface area contributed by atoms with Crippen molar-refractivity contribution in [2.45, 2.75) is 60.3 Å². The number of carbonyl (C=O) groups is 2. The Morgan fingerprint density at radius 1 is 1.14 bits per heavy atom. The lowest BCUT2D eigenvalue weighted by molar-refractivity contribution is -0.116. The van der Waals surface area contributed by atoms with E-state index in [1.807, 2.05) is 13.8 Å². The van der Waals surface area contributed by atoms with Gasteiger partial charge in [0.25, 0.3) is 0 Å². The van der Waals surface area contributed by atoms with Crippen LogP contribution >= 0.6 is 0 Å². The fourth-order valence-corrected chi connectivity index (χ4v) is 5.09. The van der Waals surface area contributed by atoms with Gasteiger partial charge < -0.3 is 0 Å². The van der Waals surface area contributed by atoms with Gasteiger partial charge in [-0.1, -0.05) is 41.0 Å². The van der Waals surface area contributed by atoms with Gasteiger partial charge in [0.2, 0.25) is 0 Å². The van der Waals surface area contributed by atoms with Crippen LogP contribution in [-0.2, 0) is 9.59 Å². The largest absolute Gasteiger partial charge is 0.290 e. The maximum absolute atomic E-state index is 12.8. The van der Waals surface area contributed by atoms with Gasteiger partial charge in [0.1, 0.15) is 0 Å². The number of Topliss-reactive ketones (excluding diaryl/α,β-unsaturated/α-hetero) is 1. The minimum Gasteiger partial charge on any atom is -0.290 e. The molecule has 0 saturated heterocycles. The molecule has 0 spiro atoms. The highest BCUT2D eigenvalue weighted by Gasteiger charge is 2.56. The van der Waals surface area contributed by atoms with Crippen LogP contribution in [0.5, 0.6) is 0 Å². The Bertz CT molecular complexity index is 589. The molecule has 0 N–H and O–H groups in total. The number of carbonyl (C=O) groups excluding carboxylic acids is 2. The third kappa shape index (κ3) is 1.91. The minimum atomic E-state index is -0.0944. The fourth-order valence-electron chi connectivity index (χ4n) is 5.09. The molecule has 2 heteroatoms. The molecule has 0 bridgehead atoms. The van der Waals surface area contributed by atoms with Gasteiger partial charge in [-0.15, -0.1) is 0 Å². The molecule has 1 saturated carbocycles. The standard InChI is InChI=1S/C19H26O2/c1-11(2)12-9-14(20)16-13(17(12)21)10-15-18(3,4)7-6-8-19(15,16)5/h9,11,15H,6-8,10H2,1-5H3/t15-,19-/m0/s1. The second-order valence-corrected chi connectivity index (χ2v) is 8.32. The van der Waals surface area contributed by atoms with E-state index in [-0.39, 0.29) is 28.3 Å². The van der Waals surface area contributed by atoms with Crippen LogP contribution in [0.25, 0.3) is 0 Å². The lowest BCUT2D eigenvalue weighted by Gasteiger charge is -2.48. The monoisotopic (exact) mass is 286 g/mol. The van der Waals surface area contributed by atoms with Crippen molar-refractivity contribution in [2.24, 2.45) is 22.7 Å². The van der Waals surface area contributed by atoms with E-state index in [2.05, 4.69) is 20.8 Å². The summed E-state index contributed by atoms with van der Waals surface area (Å²) in [5.41, 5.74) is 2.52. The van der Waals surface area contributed by atoms with Gasteiger partial charge in [0.05, 0.1) is 0 Å². The molecular formula is C19H26O2. The Morgan fingerprint density at radius 3 is 2.43 bits per heavy atom. The van der Waals surface area contributed by atoms with Gasteiger partial charge in [-0.25, -0.2) is 0 Å². The molecule has 21 heavy (non-hydrogen) atoms. The summed E-state index contributed by atoms with van der Waals surface area (Å²) in [6, 6.07) is 0. The molecule has 2 atom stereocenters. The Kier molecular flexibility index (Phi) is 3.10. The number of rotatable bonds is 1. The van der Waals surface area contributed by atoms with Crippen LogP contribution in [0.2, 0.25) is 0 Å². The first-order chi connectivity index (χ1) is 9.68. The van der Waals surface area contributed by atoms with Crippen LogP contribution in [0, 0.1) is 22.7 Å². The second kappa shape index (κ2) is 4.41. The van der Waals surface area contributed by atoms with Crippen LogP contribution in [0.15, 0.2) is 22.8 Å². The predicted octanol–water partition coefficient (Wildman–Crippen LogP) is 4.25. The summed E-state index contributed by atoms with van der Waals surface area (Å²) in [5.74, 6) is 0.803. The molecule has 1 fully saturated rings. The van der Waals surface area contributed by atoms with E-state index >= 15 is 0 Å². The number of hydrogen-bond acceptors (Lipinski definition) is 2. The average Bonchev–Trinajstić information content (AvgIpc) is 2.69. The molecule has 0 aromatic carbocycles. The van der Waals surface area contributed by atoms with Crippen molar-refractivity contribution in [1.29, 1.82) is 0 Å². The Labute approximate surface area is 127 Å². The smallest absolute Gasteiger partial charge is 0.185 e. The van der Waals surface area contributed by atoms with E-state index in [1.54, 1.807) is 6.08 Å². The van der Waals surface area contributed by atoms with E-state index < -0.39 is 0 Å². The zero-order valence-electron chi connectivity index (χ0n) is 13.9. The molecule has 0 aliphatic heterocycles. The summed E-state index contributed by atoms with van der Waals surface area (Å²) in [5, 5.41) is 0. The molecule has 0 aromatic rings. The minimum absolute atomic E-state index is 0.0944. The van der Waals surface area contributed by atoms with Crippen LogP contribution in [-0.4, -0.2) is 11.6 Å². The maximum Gasteiger partial charge on any atom is 0.185 e. The van der Waals surface area contributed by atoms with E-state index in [9.17, 15) is 9.59 Å². The van der Waals surface area contributed by atoms with Crippen LogP contribution in [0.1, 0.15) is 60.3 Å². The molecule has 0 unspecified atom stereocenters. The van der Waals surface area contributed by atoms with Gasteiger partial charge >= 0.3 is 0 Å². The van der Waals surface area contributed by atoms with Crippen molar-refractivity contribution in [3.63, 3.8) is 0 Å². The highest BCUT2D eigenvalue weighted by atomic mass is 16.1. The Morgan fingerprint density at radius 2 is 1.81 bits per heavy atom. The van der Waals surface area contributed by atoms with E-state index in [0.29, 0.717) is 11.5 Å². The van der Waals surface area contributed by atoms with Crippen LogP contribution in [0.4, 0.5) is 0 Å². The predicted molar refractivity (Wildman–Crippen MR) is 83.8 cm³/mol. The topological polar surface area (TPSA) is 34.1 Å². The quantitative estimate of drug-likeness (QED) is 0.675. The molecule has 2 nitrogen and oxygen atoms in total. The van der Waals surface area contributed by atoms with Gasteiger partial charge in [0.15, 0.2) is 11.6 Å². The lowest BCUT2D eigenvalue weighted by Crippen LogP contribution is -2.41. The van der Waals surface area contributed by atoms with E-state index in [4.69, 9.17) is 0 Å². The number of hydrogen-bond donors (Lipinski definition) is 0. The summed E-state index contributed by atoms with van der Waals surface area (Å²) in [6.07, 6.45) is 5.82. The van der Waals surface area contributed by atoms with Gasteiger partial charge in [-0.2, -0.15) is 0 Å². The van der Waals surface area contributed by atoms with Crippen molar-refractivity contribution in [2.75, 3.05) is 0 Å². The first kappa shape index (κ1) is 14.7. The zero-order chi connectivity index (χ0) is 15.6. The molecule has 3 aliphatic rings. The van der Waals surface area contributed by atoms with Crippen molar-refractivity contribution in [3.05, 3.63) is 22.8 Å². The maximum atomic E-state index is 12.8. The highest BCUT2D eigenvalue weighted by molar-refractivity contribution is 6.24. The average molecular weight is 286 g/mol. The SMILES string of the molecule is CC(C)C1=CC(=O)C2=C(C[C@H]3C(C)(C)CCC[C@]23C)C1=O. The van der Waals surface area contributed by atoms with E-state index in [1.165, 1.54) is 6.42 Å². The van der Waals surface area contributed by atoms with Crippen LogP contribution in [0.3, 0.4) is 0 Å². The molecular weight excluding hydrogens is 260 g/mol. The van der Waals surface area contributed by atoms with Gasteiger partial charge in [-0.05, 0) is 42.6 Å². The third-order valence-corrected chi connectivity index (χ3v) is 6.20. The van der Waals surface area contributed by atoms with Crippen LogP contribution < -0.4 is 0 Å². The number of allylic oxidation sites excluding steroid dienone is 4. The van der Waals surface area contributed by atoms with Crippen molar-refractivity contribution < 1.29 is 9.59 Å².